The Labute approximate surface area is 144 Å². The average molecular weight is 341 g/mol. The van der Waals surface area contributed by atoms with Crippen LogP contribution in [0.2, 0.25) is 5.02 Å². The van der Waals surface area contributed by atoms with Gasteiger partial charge in [0.15, 0.2) is 0 Å². The van der Waals surface area contributed by atoms with Crippen molar-refractivity contribution in [3.8, 4) is 22.3 Å². The molecule has 0 nitrogen and oxygen atoms in total. The summed E-state index contributed by atoms with van der Waals surface area (Å²) in [6.07, 6.45) is 2.49. The van der Waals surface area contributed by atoms with Crippen molar-refractivity contribution in [2.24, 2.45) is 0 Å². The highest BCUT2D eigenvalue weighted by atomic mass is 35.5. The lowest BCUT2D eigenvalue weighted by atomic mass is 9.98. The zero-order valence-electron chi connectivity index (χ0n) is 12.9. The Morgan fingerprint density at radius 2 is 1.29 bits per heavy atom. The van der Waals surface area contributed by atoms with Gasteiger partial charge >= 0.3 is 0 Å². The Morgan fingerprint density at radius 3 is 1.92 bits per heavy atom. The van der Waals surface area contributed by atoms with Crippen molar-refractivity contribution in [3.63, 3.8) is 0 Å². The van der Waals surface area contributed by atoms with E-state index in [0.717, 1.165) is 5.56 Å². The zero-order chi connectivity index (χ0) is 16.7. The van der Waals surface area contributed by atoms with E-state index in [2.05, 4.69) is 12.1 Å². The van der Waals surface area contributed by atoms with E-state index in [9.17, 15) is 8.78 Å². The van der Waals surface area contributed by atoms with Crippen molar-refractivity contribution < 1.29 is 8.78 Å². The SMILES string of the molecule is Fc1cc(Cl)ccc1-c1ccc(-c2ccc(C3CC3)cc2)c(F)c1. The molecule has 0 atom stereocenters. The van der Waals surface area contributed by atoms with Crippen LogP contribution >= 0.6 is 11.6 Å². The highest BCUT2D eigenvalue weighted by molar-refractivity contribution is 6.30. The lowest BCUT2D eigenvalue weighted by Gasteiger charge is -2.09. The van der Waals surface area contributed by atoms with Crippen molar-refractivity contribution in [2.45, 2.75) is 18.8 Å². The van der Waals surface area contributed by atoms with E-state index in [0.29, 0.717) is 27.6 Å². The molecular weight excluding hydrogens is 326 g/mol. The summed E-state index contributed by atoms with van der Waals surface area (Å²) in [5.41, 5.74) is 3.52. The van der Waals surface area contributed by atoms with E-state index in [1.165, 1.54) is 30.5 Å². The minimum absolute atomic E-state index is 0.323. The lowest BCUT2D eigenvalue weighted by molar-refractivity contribution is 0.626. The summed E-state index contributed by atoms with van der Waals surface area (Å²) in [5.74, 6) is -0.136. The molecule has 1 aliphatic carbocycles. The molecule has 1 aliphatic rings. The highest BCUT2D eigenvalue weighted by Gasteiger charge is 2.23. The Bertz CT molecular complexity index is 896. The molecule has 0 aliphatic heterocycles. The minimum Gasteiger partial charge on any atom is -0.206 e. The van der Waals surface area contributed by atoms with Crippen LogP contribution in [0.25, 0.3) is 22.3 Å². The standard InChI is InChI=1S/C21H15ClF2/c22-17-8-10-19(21(24)12-17)16-7-9-18(20(23)11-16)15-5-3-14(4-6-15)13-1-2-13/h3-13H,1-2H2. The molecule has 0 radical (unpaired) electrons. The van der Waals surface area contributed by atoms with E-state index in [1.807, 2.05) is 12.1 Å². The van der Waals surface area contributed by atoms with Gasteiger partial charge in [-0.2, -0.15) is 0 Å². The van der Waals surface area contributed by atoms with Crippen LogP contribution in [0.1, 0.15) is 24.3 Å². The maximum atomic E-state index is 14.6. The average Bonchev–Trinajstić information content (AvgIpc) is 3.40. The van der Waals surface area contributed by atoms with Crippen LogP contribution in [0, 0.1) is 11.6 Å². The summed E-state index contributed by atoms with van der Waals surface area (Å²) in [7, 11) is 0. The van der Waals surface area contributed by atoms with E-state index in [4.69, 9.17) is 11.6 Å². The predicted octanol–water partition coefficient (Wildman–Crippen LogP) is 6.83. The molecule has 4 rings (SSSR count). The van der Waals surface area contributed by atoms with Crippen molar-refractivity contribution >= 4 is 11.6 Å². The number of hydrogen-bond acceptors (Lipinski definition) is 0. The van der Waals surface area contributed by atoms with Crippen LogP contribution in [-0.2, 0) is 0 Å². The maximum absolute atomic E-state index is 14.6. The van der Waals surface area contributed by atoms with Crippen LogP contribution in [0.4, 0.5) is 8.78 Å². The molecule has 120 valence electrons. The first-order chi connectivity index (χ1) is 11.6. The molecule has 0 bridgehead atoms. The molecule has 0 aromatic heterocycles. The van der Waals surface area contributed by atoms with E-state index in [-0.39, 0.29) is 5.82 Å². The van der Waals surface area contributed by atoms with Gasteiger partial charge in [-0.05, 0) is 59.7 Å². The molecule has 0 unspecified atom stereocenters. The Morgan fingerprint density at radius 1 is 0.708 bits per heavy atom. The first kappa shape index (κ1) is 15.3. The topological polar surface area (TPSA) is 0 Å². The number of halogens is 3. The van der Waals surface area contributed by atoms with E-state index >= 15 is 0 Å². The molecule has 1 saturated carbocycles. The molecule has 0 heterocycles. The van der Waals surface area contributed by atoms with Crippen LogP contribution < -0.4 is 0 Å². The highest BCUT2D eigenvalue weighted by Crippen LogP contribution is 2.40. The molecule has 0 saturated heterocycles. The molecule has 3 heteroatoms. The number of rotatable bonds is 3. The quantitative estimate of drug-likeness (QED) is 0.490. The van der Waals surface area contributed by atoms with Gasteiger partial charge in [0.25, 0.3) is 0 Å². The fourth-order valence-corrected chi connectivity index (χ4v) is 3.15. The van der Waals surface area contributed by atoms with Crippen molar-refractivity contribution in [1.82, 2.24) is 0 Å². The summed E-state index contributed by atoms with van der Waals surface area (Å²) < 4.78 is 28.6. The Hall–Kier alpha value is -2.19. The normalized spacial score (nSPS) is 14.0. The van der Waals surface area contributed by atoms with Crippen LogP contribution in [0.5, 0.6) is 0 Å². The third-order valence-electron chi connectivity index (χ3n) is 4.48. The molecule has 0 N–H and O–H groups in total. The predicted molar refractivity (Wildman–Crippen MR) is 94.2 cm³/mol. The van der Waals surface area contributed by atoms with E-state index in [1.54, 1.807) is 24.3 Å². The summed E-state index contributed by atoms with van der Waals surface area (Å²) >= 11 is 5.77. The second-order valence-electron chi connectivity index (χ2n) is 6.22. The maximum Gasteiger partial charge on any atom is 0.132 e. The first-order valence-electron chi connectivity index (χ1n) is 7.97. The fraction of sp³-hybridized carbons (Fsp3) is 0.143. The lowest BCUT2D eigenvalue weighted by Crippen LogP contribution is -1.89. The van der Waals surface area contributed by atoms with Gasteiger partial charge in [-0.15, -0.1) is 0 Å². The monoisotopic (exact) mass is 340 g/mol. The molecule has 1 fully saturated rings. The summed E-state index contributed by atoms with van der Waals surface area (Å²) in [5, 5.41) is 0.323. The van der Waals surface area contributed by atoms with Crippen LogP contribution in [-0.4, -0.2) is 0 Å². The third-order valence-corrected chi connectivity index (χ3v) is 4.72. The second-order valence-corrected chi connectivity index (χ2v) is 6.65. The molecule has 3 aromatic carbocycles. The van der Waals surface area contributed by atoms with Gasteiger partial charge in [-0.1, -0.05) is 48.0 Å². The van der Waals surface area contributed by atoms with Gasteiger partial charge in [0.2, 0.25) is 0 Å². The van der Waals surface area contributed by atoms with Gasteiger partial charge < -0.3 is 0 Å². The summed E-state index contributed by atoms with van der Waals surface area (Å²) in [6, 6.07) is 17.3. The zero-order valence-corrected chi connectivity index (χ0v) is 13.7. The van der Waals surface area contributed by atoms with Crippen molar-refractivity contribution in [3.05, 3.63) is 82.9 Å². The van der Waals surface area contributed by atoms with E-state index < -0.39 is 5.82 Å². The van der Waals surface area contributed by atoms with Crippen molar-refractivity contribution in [1.29, 1.82) is 0 Å². The third kappa shape index (κ3) is 2.94. The number of hydrogen-bond donors (Lipinski definition) is 0. The van der Waals surface area contributed by atoms with Gasteiger partial charge in [-0.25, -0.2) is 8.78 Å². The largest absolute Gasteiger partial charge is 0.206 e. The van der Waals surface area contributed by atoms with Gasteiger partial charge in [0.1, 0.15) is 11.6 Å². The smallest absolute Gasteiger partial charge is 0.132 e. The van der Waals surface area contributed by atoms with Gasteiger partial charge in [0, 0.05) is 16.1 Å². The van der Waals surface area contributed by atoms with Crippen molar-refractivity contribution in [2.75, 3.05) is 0 Å². The molecule has 0 amide bonds. The Balaban J connectivity index is 1.68. The number of benzene rings is 3. The summed E-state index contributed by atoms with van der Waals surface area (Å²) in [4.78, 5) is 0. The van der Waals surface area contributed by atoms with Crippen LogP contribution in [0.15, 0.2) is 60.7 Å². The fourth-order valence-electron chi connectivity index (χ4n) is 2.99. The minimum atomic E-state index is -0.455. The first-order valence-corrected chi connectivity index (χ1v) is 8.35. The van der Waals surface area contributed by atoms with Crippen LogP contribution in [0.3, 0.4) is 0 Å². The molecule has 3 aromatic rings. The Kier molecular flexibility index (Phi) is 3.85. The van der Waals surface area contributed by atoms with Gasteiger partial charge in [0.05, 0.1) is 0 Å². The second kappa shape index (κ2) is 6.03. The summed E-state index contributed by atoms with van der Waals surface area (Å²) in [6.45, 7) is 0. The van der Waals surface area contributed by atoms with Gasteiger partial charge in [-0.3, -0.25) is 0 Å². The molecule has 0 spiro atoms. The molecule has 24 heavy (non-hydrogen) atoms. The molecular formula is C21H15ClF2.